The zero-order valence-corrected chi connectivity index (χ0v) is 16.2. The van der Waals surface area contributed by atoms with E-state index >= 15 is 0 Å². The van der Waals surface area contributed by atoms with Crippen molar-refractivity contribution in [1.29, 1.82) is 0 Å². The molecule has 1 atom stereocenters. The number of aromatic nitrogens is 3. The Balaban J connectivity index is 1.49. The summed E-state index contributed by atoms with van der Waals surface area (Å²) in [7, 11) is 2.11. The quantitative estimate of drug-likeness (QED) is 0.819. The second-order valence-electron chi connectivity index (χ2n) is 7.31. The van der Waals surface area contributed by atoms with Crippen LogP contribution in [0.4, 0.5) is 17.6 Å². The molecule has 0 bridgehead atoms. The van der Waals surface area contributed by atoms with Crippen LogP contribution in [0.5, 0.6) is 0 Å². The third-order valence-corrected chi connectivity index (χ3v) is 5.50. The van der Waals surface area contributed by atoms with Gasteiger partial charge in [-0.05, 0) is 37.5 Å². The first-order valence-electron chi connectivity index (χ1n) is 9.77. The molecule has 0 aliphatic carbocycles. The van der Waals surface area contributed by atoms with Crippen molar-refractivity contribution < 1.29 is 4.74 Å². The standard InChI is InChI=1S/C20H28N6O/c1-16-5-3-8-21-19(16)26-10-4-6-17(15-26)24(2)20-22-9-7-18(23-20)25-11-13-27-14-12-25/h3,5,7-9,17H,4,6,10-15H2,1-2H3. The monoisotopic (exact) mass is 368 g/mol. The number of rotatable bonds is 4. The average molecular weight is 368 g/mol. The van der Waals surface area contributed by atoms with Gasteiger partial charge in [0.25, 0.3) is 0 Å². The summed E-state index contributed by atoms with van der Waals surface area (Å²) in [6.07, 6.45) is 6.04. The minimum atomic E-state index is 0.375. The van der Waals surface area contributed by atoms with Gasteiger partial charge in [0.15, 0.2) is 0 Å². The van der Waals surface area contributed by atoms with E-state index in [0.717, 1.165) is 69.8 Å². The molecule has 0 saturated carbocycles. The summed E-state index contributed by atoms with van der Waals surface area (Å²) in [5.74, 6) is 2.88. The first kappa shape index (κ1) is 18.0. The lowest BCUT2D eigenvalue weighted by Gasteiger charge is -2.39. The molecule has 0 aromatic carbocycles. The molecule has 0 radical (unpaired) electrons. The lowest BCUT2D eigenvalue weighted by atomic mass is 10.0. The van der Waals surface area contributed by atoms with E-state index in [1.165, 1.54) is 5.56 Å². The number of ether oxygens (including phenoxy) is 1. The Morgan fingerprint density at radius 3 is 2.74 bits per heavy atom. The van der Waals surface area contributed by atoms with Gasteiger partial charge >= 0.3 is 0 Å². The minimum absolute atomic E-state index is 0.375. The lowest BCUT2D eigenvalue weighted by molar-refractivity contribution is 0.122. The van der Waals surface area contributed by atoms with Gasteiger partial charge in [0, 0.05) is 51.7 Å². The van der Waals surface area contributed by atoms with Gasteiger partial charge in [-0.3, -0.25) is 0 Å². The number of hydrogen-bond donors (Lipinski definition) is 0. The summed E-state index contributed by atoms with van der Waals surface area (Å²) in [6, 6.07) is 6.50. The molecule has 0 spiro atoms. The Hall–Kier alpha value is -2.41. The fourth-order valence-corrected chi connectivity index (χ4v) is 3.91. The highest BCUT2D eigenvalue weighted by atomic mass is 16.5. The Kier molecular flexibility index (Phi) is 5.38. The van der Waals surface area contributed by atoms with Crippen molar-refractivity contribution in [2.75, 3.05) is 61.1 Å². The fraction of sp³-hybridized carbons (Fsp3) is 0.550. The molecule has 2 aromatic rings. The predicted molar refractivity (Wildman–Crippen MR) is 108 cm³/mol. The van der Waals surface area contributed by atoms with Gasteiger partial charge in [0.2, 0.25) is 5.95 Å². The molecule has 27 heavy (non-hydrogen) atoms. The molecular weight excluding hydrogens is 340 g/mol. The molecule has 7 nitrogen and oxygen atoms in total. The maximum Gasteiger partial charge on any atom is 0.227 e. The van der Waals surface area contributed by atoms with Crippen molar-refractivity contribution in [3.8, 4) is 0 Å². The zero-order valence-electron chi connectivity index (χ0n) is 16.2. The Morgan fingerprint density at radius 2 is 1.93 bits per heavy atom. The summed E-state index contributed by atoms with van der Waals surface area (Å²) in [5.41, 5.74) is 1.23. The lowest BCUT2D eigenvalue weighted by Crippen LogP contribution is -2.47. The van der Waals surface area contributed by atoms with E-state index in [1.807, 2.05) is 24.5 Å². The molecule has 4 rings (SSSR count). The largest absolute Gasteiger partial charge is 0.378 e. The van der Waals surface area contributed by atoms with Crippen molar-refractivity contribution in [3.63, 3.8) is 0 Å². The van der Waals surface area contributed by atoms with Crippen LogP contribution in [0.1, 0.15) is 18.4 Å². The van der Waals surface area contributed by atoms with Crippen LogP contribution < -0.4 is 14.7 Å². The zero-order chi connectivity index (χ0) is 18.6. The SMILES string of the molecule is Cc1cccnc1N1CCCC(N(C)c2nccc(N3CCOCC3)n2)C1. The highest BCUT2D eigenvalue weighted by molar-refractivity contribution is 5.48. The second-order valence-corrected chi connectivity index (χ2v) is 7.31. The van der Waals surface area contributed by atoms with Gasteiger partial charge in [-0.2, -0.15) is 4.98 Å². The van der Waals surface area contributed by atoms with Gasteiger partial charge in [0.1, 0.15) is 11.6 Å². The first-order valence-corrected chi connectivity index (χ1v) is 9.77. The summed E-state index contributed by atoms with van der Waals surface area (Å²) in [6.45, 7) is 7.42. The summed E-state index contributed by atoms with van der Waals surface area (Å²) in [5, 5.41) is 0. The number of aryl methyl sites for hydroxylation is 1. The fourth-order valence-electron chi connectivity index (χ4n) is 3.91. The Labute approximate surface area is 161 Å². The third kappa shape index (κ3) is 3.98. The molecule has 2 aliphatic heterocycles. The maximum atomic E-state index is 5.45. The van der Waals surface area contributed by atoms with Crippen molar-refractivity contribution in [1.82, 2.24) is 15.0 Å². The predicted octanol–water partition coefficient (Wildman–Crippen LogP) is 2.12. The minimum Gasteiger partial charge on any atom is -0.378 e. The van der Waals surface area contributed by atoms with Crippen LogP contribution in [0.25, 0.3) is 0 Å². The van der Waals surface area contributed by atoms with Gasteiger partial charge in [-0.15, -0.1) is 0 Å². The van der Waals surface area contributed by atoms with Crippen LogP contribution in [0.2, 0.25) is 0 Å². The highest BCUT2D eigenvalue weighted by Crippen LogP contribution is 2.25. The van der Waals surface area contributed by atoms with Crippen LogP contribution in [0.15, 0.2) is 30.6 Å². The van der Waals surface area contributed by atoms with Gasteiger partial charge in [-0.1, -0.05) is 6.07 Å². The van der Waals surface area contributed by atoms with Gasteiger partial charge in [0.05, 0.1) is 13.2 Å². The van der Waals surface area contributed by atoms with Crippen LogP contribution in [0.3, 0.4) is 0 Å². The molecule has 0 amide bonds. The van der Waals surface area contributed by atoms with Crippen LogP contribution in [-0.4, -0.2) is 67.4 Å². The summed E-state index contributed by atoms with van der Waals surface area (Å²) in [4.78, 5) is 20.9. The molecule has 4 heterocycles. The molecule has 1 unspecified atom stereocenters. The maximum absolute atomic E-state index is 5.45. The van der Waals surface area contributed by atoms with E-state index in [2.05, 4.69) is 44.7 Å². The van der Waals surface area contributed by atoms with Crippen LogP contribution in [-0.2, 0) is 4.74 Å². The second kappa shape index (κ2) is 8.08. The molecule has 2 saturated heterocycles. The first-order chi connectivity index (χ1) is 13.2. The molecule has 7 heteroatoms. The van der Waals surface area contributed by atoms with Gasteiger partial charge < -0.3 is 19.4 Å². The number of nitrogens with zero attached hydrogens (tertiary/aromatic N) is 6. The number of morpholine rings is 1. The smallest absolute Gasteiger partial charge is 0.227 e. The number of likely N-dealkylation sites (N-methyl/N-ethyl adjacent to an activating group) is 1. The number of pyridine rings is 1. The van der Waals surface area contributed by atoms with Crippen molar-refractivity contribution in [3.05, 3.63) is 36.2 Å². The molecule has 2 fully saturated rings. The van der Waals surface area contributed by atoms with Crippen molar-refractivity contribution >= 4 is 17.6 Å². The van der Waals surface area contributed by atoms with E-state index < -0.39 is 0 Å². The number of piperidine rings is 1. The molecule has 0 N–H and O–H groups in total. The normalized spacial score (nSPS) is 20.6. The highest BCUT2D eigenvalue weighted by Gasteiger charge is 2.26. The summed E-state index contributed by atoms with van der Waals surface area (Å²) < 4.78 is 5.45. The van der Waals surface area contributed by atoms with E-state index in [0.29, 0.717) is 6.04 Å². The van der Waals surface area contributed by atoms with Crippen molar-refractivity contribution in [2.24, 2.45) is 0 Å². The van der Waals surface area contributed by atoms with Crippen LogP contribution >= 0.6 is 0 Å². The topological polar surface area (TPSA) is 57.6 Å². The van der Waals surface area contributed by atoms with Crippen LogP contribution in [0, 0.1) is 6.92 Å². The molecule has 144 valence electrons. The van der Waals surface area contributed by atoms with Gasteiger partial charge in [-0.25, -0.2) is 9.97 Å². The number of anilines is 3. The van der Waals surface area contributed by atoms with E-state index in [9.17, 15) is 0 Å². The Morgan fingerprint density at radius 1 is 1.07 bits per heavy atom. The average Bonchev–Trinajstić information content (AvgIpc) is 2.74. The van der Waals surface area contributed by atoms with E-state index in [4.69, 9.17) is 9.72 Å². The van der Waals surface area contributed by atoms with Crippen molar-refractivity contribution in [2.45, 2.75) is 25.8 Å². The molecular formula is C20H28N6O. The van der Waals surface area contributed by atoms with E-state index in [-0.39, 0.29) is 0 Å². The third-order valence-electron chi connectivity index (χ3n) is 5.50. The van der Waals surface area contributed by atoms with E-state index in [1.54, 1.807) is 0 Å². The Bertz CT molecular complexity index is 764. The number of hydrogen-bond acceptors (Lipinski definition) is 7. The molecule has 2 aromatic heterocycles. The molecule has 2 aliphatic rings. The summed E-state index contributed by atoms with van der Waals surface area (Å²) >= 11 is 0.